The molecule has 0 bridgehead atoms. The topological polar surface area (TPSA) is 83.1 Å². The average Bonchev–Trinajstić information content (AvgIpc) is 2.82. The number of carbonyl (C=O) groups excluding carboxylic acids is 2. The molecule has 0 fully saturated rings. The fourth-order valence-electron chi connectivity index (χ4n) is 2.95. The largest absolute Gasteiger partial charge is 0.497 e. The van der Waals surface area contributed by atoms with Crippen LogP contribution in [0.4, 0.5) is 5.69 Å². The van der Waals surface area contributed by atoms with Crippen molar-refractivity contribution in [2.75, 3.05) is 26.6 Å². The molecule has 0 aliphatic rings. The summed E-state index contributed by atoms with van der Waals surface area (Å²) in [5, 5.41) is 2.77. The van der Waals surface area contributed by atoms with E-state index in [1.807, 2.05) is 6.07 Å². The normalized spacial score (nSPS) is 11.2. The highest BCUT2D eigenvalue weighted by atomic mass is 16.6. The van der Waals surface area contributed by atoms with E-state index < -0.39 is 18.0 Å². The van der Waals surface area contributed by atoms with Crippen LogP contribution < -0.4 is 19.5 Å². The molecule has 0 saturated heterocycles. The van der Waals surface area contributed by atoms with Gasteiger partial charge in [-0.25, -0.2) is 4.79 Å². The highest BCUT2D eigenvalue weighted by Gasteiger charge is 2.27. The van der Waals surface area contributed by atoms with Crippen LogP contribution in [-0.4, -0.2) is 33.2 Å². The number of rotatable bonds is 8. The number of benzene rings is 3. The molecular weight excluding hydrogens is 398 g/mol. The van der Waals surface area contributed by atoms with Crippen LogP contribution >= 0.6 is 0 Å². The van der Waals surface area contributed by atoms with Gasteiger partial charge in [0.15, 0.2) is 0 Å². The first kappa shape index (κ1) is 21.7. The molecule has 0 aliphatic carbocycles. The van der Waals surface area contributed by atoms with Gasteiger partial charge in [-0.2, -0.15) is 0 Å². The lowest BCUT2D eigenvalue weighted by molar-refractivity contribution is -0.125. The summed E-state index contributed by atoms with van der Waals surface area (Å²) in [4.78, 5) is 26.0. The van der Waals surface area contributed by atoms with Gasteiger partial charge < -0.3 is 24.3 Å². The molecule has 0 heterocycles. The summed E-state index contributed by atoms with van der Waals surface area (Å²) in [6, 6.07) is 20.4. The van der Waals surface area contributed by atoms with Gasteiger partial charge in [0.1, 0.15) is 22.8 Å². The first-order valence-electron chi connectivity index (χ1n) is 9.48. The van der Waals surface area contributed by atoms with Gasteiger partial charge in [-0.3, -0.25) is 4.79 Å². The fraction of sp³-hybridized carbons (Fsp3) is 0.167. The van der Waals surface area contributed by atoms with E-state index in [0.717, 1.165) is 0 Å². The highest BCUT2D eigenvalue weighted by molar-refractivity contribution is 5.99. The summed E-state index contributed by atoms with van der Waals surface area (Å²) in [6.45, 7) is 0. The molecule has 0 aromatic heterocycles. The summed E-state index contributed by atoms with van der Waals surface area (Å²) in [5.41, 5.74) is 1.19. The fourth-order valence-corrected chi connectivity index (χ4v) is 2.95. The van der Waals surface area contributed by atoms with Crippen molar-refractivity contribution in [1.29, 1.82) is 0 Å². The van der Waals surface area contributed by atoms with Crippen molar-refractivity contribution in [3.8, 4) is 17.2 Å². The molecule has 0 radical (unpaired) electrons. The molecule has 3 rings (SSSR count). The zero-order chi connectivity index (χ0) is 22.2. The molecule has 160 valence electrons. The minimum Gasteiger partial charge on any atom is -0.497 e. The maximum absolute atomic E-state index is 13.1. The number of hydrogen-bond acceptors (Lipinski definition) is 6. The van der Waals surface area contributed by atoms with Crippen molar-refractivity contribution in [3.05, 3.63) is 83.9 Å². The molecule has 7 nitrogen and oxygen atoms in total. The van der Waals surface area contributed by atoms with Gasteiger partial charge in [-0.05, 0) is 30.3 Å². The van der Waals surface area contributed by atoms with Crippen molar-refractivity contribution >= 4 is 17.6 Å². The van der Waals surface area contributed by atoms with Crippen LogP contribution in [0.3, 0.4) is 0 Å². The molecule has 1 amide bonds. The van der Waals surface area contributed by atoms with Crippen LogP contribution in [0, 0.1) is 0 Å². The number of nitrogens with one attached hydrogen (secondary N) is 1. The first-order valence-corrected chi connectivity index (χ1v) is 9.48. The quantitative estimate of drug-likeness (QED) is 0.548. The Hall–Kier alpha value is -4.00. The Morgan fingerprint density at radius 2 is 1.48 bits per heavy atom. The highest BCUT2D eigenvalue weighted by Crippen LogP contribution is 2.28. The summed E-state index contributed by atoms with van der Waals surface area (Å²) in [7, 11) is 4.48. The van der Waals surface area contributed by atoms with E-state index in [0.29, 0.717) is 28.5 Å². The molecule has 0 aliphatic heterocycles. The number of amides is 1. The van der Waals surface area contributed by atoms with E-state index in [2.05, 4.69) is 5.32 Å². The smallest absolute Gasteiger partial charge is 0.343 e. The molecule has 0 spiro atoms. The van der Waals surface area contributed by atoms with Gasteiger partial charge >= 0.3 is 5.97 Å². The molecule has 1 atom stereocenters. The van der Waals surface area contributed by atoms with Crippen molar-refractivity contribution in [2.45, 2.75) is 6.10 Å². The number of ether oxygens (including phenoxy) is 4. The summed E-state index contributed by atoms with van der Waals surface area (Å²) >= 11 is 0. The van der Waals surface area contributed by atoms with Gasteiger partial charge in [0.25, 0.3) is 5.91 Å². The lowest BCUT2D eigenvalue weighted by atomic mass is 10.1. The number of carbonyl (C=O) groups is 2. The molecule has 3 aromatic carbocycles. The third-order valence-corrected chi connectivity index (χ3v) is 4.53. The minimum absolute atomic E-state index is 0.150. The molecule has 31 heavy (non-hydrogen) atoms. The zero-order valence-electron chi connectivity index (χ0n) is 17.5. The first-order chi connectivity index (χ1) is 15.0. The summed E-state index contributed by atoms with van der Waals surface area (Å²) < 4.78 is 21.3. The summed E-state index contributed by atoms with van der Waals surface area (Å²) in [6.07, 6.45) is -1.18. The predicted molar refractivity (Wildman–Crippen MR) is 116 cm³/mol. The number of hydrogen-bond donors (Lipinski definition) is 1. The lowest BCUT2D eigenvalue weighted by Crippen LogP contribution is -2.26. The Morgan fingerprint density at radius 3 is 2.16 bits per heavy atom. The van der Waals surface area contributed by atoms with Gasteiger partial charge in [0.05, 0.1) is 21.3 Å². The molecule has 7 heteroatoms. The van der Waals surface area contributed by atoms with Crippen LogP contribution in [-0.2, 0) is 9.53 Å². The Bertz CT molecular complexity index is 1050. The minimum atomic E-state index is -1.18. The number of anilines is 1. The zero-order valence-corrected chi connectivity index (χ0v) is 17.5. The van der Waals surface area contributed by atoms with Crippen LogP contribution in [0.5, 0.6) is 17.2 Å². The molecule has 0 unspecified atom stereocenters. The van der Waals surface area contributed by atoms with Crippen LogP contribution in [0.15, 0.2) is 72.8 Å². The second-order valence-electron chi connectivity index (χ2n) is 6.48. The second kappa shape index (κ2) is 10.2. The number of esters is 1. The van der Waals surface area contributed by atoms with Gasteiger partial charge in [0.2, 0.25) is 6.10 Å². The average molecular weight is 421 g/mol. The third kappa shape index (κ3) is 5.33. The van der Waals surface area contributed by atoms with Crippen molar-refractivity contribution < 1.29 is 28.5 Å². The van der Waals surface area contributed by atoms with Crippen molar-refractivity contribution in [2.24, 2.45) is 0 Å². The molecule has 0 saturated carbocycles. The Kier molecular flexibility index (Phi) is 7.11. The maximum Gasteiger partial charge on any atom is 0.343 e. The van der Waals surface area contributed by atoms with Gasteiger partial charge in [-0.1, -0.05) is 36.4 Å². The van der Waals surface area contributed by atoms with Crippen LogP contribution in [0.25, 0.3) is 0 Å². The lowest BCUT2D eigenvalue weighted by Gasteiger charge is -2.19. The van der Waals surface area contributed by atoms with Crippen LogP contribution in [0.2, 0.25) is 0 Å². The van der Waals surface area contributed by atoms with Crippen molar-refractivity contribution in [1.82, 2.24) is 0 Å². The standard InChI is InChI=1S/C24H23NO6/c1-28-18-11-7-10-17(14-18)25-23(26)22(16-8-5-4-6-9-16)31-24(27)20-15-19(29-2)12-13-21(20)30-3/h4-15,22H,1-3H3,(H,25,26)/t22-/m0/s1. The molecule has 3 aromatic rings. The van der Waals surface area contributed by atoms with E-state index >= 15 is 0 Å². The third-order valence-electron chi connectivity index (χ3n) is 4.53. The van der Waals surface area contributed by atoms with E-state index in [9.17, 15) is 9.59 Å². The van der Waals surface area contributed by atoms with Gasteiger partial charge in [-0.15, -0.1) is 0 Å². The van der Waals surface area contributed by atoms with Gasteiger partial charge in [0, 0.05) is 17.3 Å². The van der Waals surface area contributed by atoms with E-state index in [1.165, 1.54) is 27.4 Å². The van der Waals surface area contributed by atoms with E-state index in [-0.39, 0.29) is 5.56 Å². The Balaban J connectivity index is 1.89. The molecular formula is C24H23NO6. The van der Waals surface area contributed by atoms with Crippen molar-refractivity contribution in [3.63, 3.8) is 0 Å². The van der Waals surface area contributed by atoms with Crippen LogP contribution in [0.1, 0.15) is 22.0 Å². The summed E-state index contributed by atoms with van der Waals surface area (Å²) in [5.74, 6) is 0.142. The van der Waals surface area contributed by atoms with E-state index in [1.54, 1.807) is 60.7 Å². The van der Waals surface area contributed by atoms with E-state index in [4.69, 9.17) is 18.9 Å². The molecule has 1 N–H and O–H groups in total. The SMILES string of the molecule is COc1cccc(NC(=O)[C@@H](OC(=O)c2cc(OC)ccc2OC)c2ccccc2)c1. The predicted octanol–water partition coefficient (Wildman–Crippen LogP) is 4.25. The monoisotopic (exact) mass is 421 g/mol. The Labute approximate surface area is 180 Å². The Morgan fingerprint density at radius 1 is 0.774 bits per heavy atom. The number of methoxy groups -OCH3 is 3. The second-order valence-corrected chi connectivity index (χ2v) is 6.48. The maximum atomic E-state index is 13.1.